The summed E-state index contributed by atoms with van der Waals surface area (Å²) in [5.41, 5.74) is 12.0. The second-order valence-electron chi connectivity index (χ2n) is 11.2. The molecule has 0 saturated heterocycles. The first-order chi connectivity index (χ1) is 20.8. The van der Waals surface area contributed by atoms with Crippen molar-refractivity contribution in [3.63, 3.8) is 0 Å². The molecule has 1 heterocycles. The fourth-order valence-corrected chi connectivity index (χ4v) is 7.47. The summed E-state index contributed by atoms with van der Waals surface area (Å²) in [5.74, 6) is 1.82. The molecule has 1 aliphatic carbocycles. The lowest BCUT2D eigenvalue weighted by Gasteiger charge is -2.39. The molecule has 7 aromatic carbocycles. The lowest BCUT2D eigenvalue weighted by atomic mass is 9.66. The standard InChI is InChI=1S/C41H26O/c1-2-12-27(13-3-1)30-18-10-14-28-15-11-19-31(40(28)30)29-24-25-37-39(26-29)42-38-23-9-8-22-36(38)41(37)34-20-6-4-16-32(34)33-17-5-7-21-35(33)41/h1-26H. The van der Waals surface area contributed by atoms with Gasteiger partial charge in [0.1, 0.15) is 11.5 Å². The number of hydrogen-bond acceptors (Lipinski definition) is 1. The van der Waals surface area contributed by atoms with Crippen LogP contribution in [0.5, 0.6) is 11.5 Å². The molecule has 0 aromatic heterocycles. The average molecular weight is 535 g/mol. The van der Waals surface area contributed by atoms with E-state index in [4.69, 9.17) is 4.74 Å². The normalized spacial score (nSPS) is 13.6. The maximum atomic E-state index is 6.78. The third kappa shape index (κ3) is 3.08. The first kappa shape index (κ1) is 23.3. The molecule has 0 radical (unpaired) electrons. The van der Waals surface area contributed by atoms with Crippen molar-refractivity contribution < 1.29 is 4.74 Å². The Balaban J connectivity index is 1.33. The summed E-state index contributed by atoms with van der Waals surface area (Å²) in [4.78, 5) is 0. The van der Waals surface area contributed by atoms with E-state index in [1.165, 1.54) is 60.8 Å². The quantitative estimate of drug-likeness (QED) is 0.214. The largest absolute Gasteiger partial charge is 0.457 e. The number of rotatable bonds is 2. The molecule has 0 fully saturated rings. The molecule has 7 aromatic rings. The molecule has 1 spiro atoms. The predicted octanol–water partition coefficient (Wildman–Crippen LogP) is 10.6. The fourth-order valence-electron chi connectivity index (χ4n) is 7.47. The van der Waals surface area contributed by atoms with E-state index in [0.717, 1.165) is 17.1 Å². The molecule has 0 N–H and O–H groups in total. The van der Waals surface area contributed by atoms with Crippen molar-refractivity contribution >= 4 is 10.8 Å². The molecule has 9 rings (SSSR count). The Morgan fingerprint density at radius 3 is 1.62 bits per heavy atom. The molecule has 1 aliphatic heterocycles. The molecule has 1 nitrogen and oxygen atoms in total. The van der Waals surface area contributed by atoms with Gasteiger partial charge in [-0.15, -0.1) is 0 Å². The highest BCUT2D eigenvalue weighted by atomic mass is 16.5. The van der Waals surface area contributed by atoms with Crippen molar-refractivity contribution in [2.45, 2.75) is 5.41 Å². The van der Waals surface area contributed by atoms with Crippen molar-refractivity contribution in [1.82, 2.24) is 0 Å². The highest BCUT2D eigenvalue weighted by Crippen LogP contribution is 2.62. The third-order valence-corrected chi connectivity index (χ3v) is 9.15. The minimum absolute atomic E-state index is 0.441. The van der Waals surface area contributed by atoms with Crippen molar-refractivity contribution in [1.29, 1.82) is 0 Å². The van der Waals surface area contributed by atoms with E-state index in [9.17, 15) is 0 Å². The topological polar surface area (TPSA) is 9.23 Å². The number of hydrogen-bond donors (Lipinski definition) is 0. The Labute approximate surface area is 245 Å². The van der Waals surface area contributed by atoms with Crippen molar-refractivity contribution in [2.24, 2.45) is 0 Å². The van der Waals surface area contributed by atoms with Crippen LogP contribution in [-0.4, -0.2) is 0 Å². The smallest absolute Gasteiger partial charge is 0.132 e. The minimum Gasteiger partial charge on any atom is -0.457 e. The van der Waals surface area contributed by atoms with Crippen LogP contribution in [0.3, 0.4) is 0 Å². The number of para-hydroxylation sites is 1. The Morgan fingerprint density at radius 2 is 0.905 bits per heavy atom. The van der Waals surface area contributed by atoms with E-state index < -0.39 is 5.41 Å². The molecule has 1 heteroatoms. The van der Waals surface area contributed by atoms with Crippen molar-refractivity contribution in [3.05, 3.63) is 180 Å². The Bertz CT molecular complexity index is 2120. The van der Waals surface area contributed by atoms with Gasteiger partial charge in [0, 0.05) is 11.1 Å². The van der Waals surface area contributed by atoms with E-state index >= 15 is 0 Å². The lowest BCUT2D eigenvalue weighted by molar-refractivity contribution is 0.436. The third-order valence-electron chi connectivity index (χ3n) is 9.15. The van der Waals surface area contributed by atoms with E-state index in [-0.39, 0.29) is 0 Å². The lowest BCUT2D eigenvalue weighted by Crippen LogP contribution is -2.32. The summed E-state index contributed by atoms with van der Waals surface area (Å²) >= 11 is 0. The van der Waals surface area contributed by atoms with Gasteiger partial charge in [-0.05, 0) is 67.4 Å². The van der Waals surface area contributed by atoms with Crippen LogP contribution < -0.4 is 4.74 Å². The highest BCUT2D eigenvalue weighted by molar-refractivity contribution is 6.06. The molecule has 0 saturated carbocycles. The minimum atomic E-state index is -0.441. The average Bonchev–Trinajstić information content (AvgIpc) is 3.35. The summed E-state index contributed by atoms with van der Waals surface area (Å²) in [6.07, 6.45) is 0. The molecule has 0 amide bonds. The SMILES string of the molecule is c1ccc(-c2cccc3cccc(-c4ccc5c(c4)Oc4ccccc4C54c5ccccc5-c5ccccc54)c23)cc1. The second kappa shape index (κ2) is 8.80. The van der Waals surface area contributed by atoms with Crippen LogP contribution in [0.1, 0.15) is 22.3 Å². The van der Waals surface area contributed by atoms with Gasteiger partial charge in [-0.2, -0.15) is 0 Å². The van der Waals surface area contributed by atoms with Crippen molar-refractivity contribution in [3.8, 4) is 44.9 Å². The summed E-state index contributed by atoms with van der Waals surface area (Å²) in [6, 6.07) is 57.0. The molecular formula is C41H26O. The van der Waals surface area contributed by atoms with Gasteiger partial charge >= 0.3 is 0 Å². The fraction of sp³-hybridized carbons (Fsp3) is 0.0244. The molecule has 0 bridgehead atoms. The van der Waals surface area contributed by atoms with Crippen LogP contribution in [-0.2, 0) is 5.41 Å². The summed E-state index contributed by atoms with van der Waals surface area (Å²) in [5, 5.41) is 2.49. The second-order valence-corrected chi connectivity index (χ2v) is 11.2. The van der Waals surface area contributed by atoms with E-state index in [0.29, 0.717) is 0 Å². The van der Waals surface area contributed by atoms with Crippen molar-refractivity contribution in [2.75, 3.05) is 0 Å². The van der Waals surface area contributed by atoms with Gasteiger partial charge in [-0.3, -0.25) is 0 Å². The summed E-state index contributed by atoms with van der Waals surface area (Å²) in [6.45, 7) is 0. The summed E-state index contributed by atoms with van der Waals surface area (Å²) < 4.78 is 6.78. The maximum absolute atomic E-state index is 6.78. The Kier molecular flexibility index (Phi) is 4.88. The zero-order valence-corrected chi connectivity index (χ0v) is 22.9. The first-order valence-corrected chi connectivity index (χ1v) is 14.5. The number of fused-ring (bicyclic) bond motifs is 10. The van der Waals surface area contributed by atoms with Crippen LogP contribution in [0.15, 0.2) is 158 Å². The van der Waals surface area contributed by atoms with Crippen LogP contribution in [0, 0.1) is 0 Å². The van der Waals surface area contributed by atoms with Gasteiger partial charge in [0.15, 0.2) is 0 Å². The van der Waals surface area contributed by atoms with E-state index in [1.807, 2.05) is 0 Å². The van der Waals surface area contributed by atoms with Gasteiger partial charge in [0.05, 0.1) is 5.41 Å². The van der Waals surface area contributed by atoms with Crippen LogP contribution in [0.25, 0.3) is 44.2 Å². The van der Waals surface area contributed by atoms with Gasteiger partial charge in [0.25, 0.3) is 0 Å². The van der Waals surface area contributed by atoms with Gasteiger partial charge in [-0.25, -0.2) is 0 Å². The van der Waals surface area contributed by atoms with Gasteiger partial charge in [0.2, 0.25) is 0 Å². The Morgan fingerprint density at radius 1 is 0.357 bits per heavy atom. The van der Waals surface area contributed by atoms with Crippen LogP contribution in [0.4, 0.5) is 0 Å². The highest BCUT2D eigenvalue weighted by Gasteiger charge is 2.50. The molecule has 0 unspecified atom stereocenters. The molecule has 42 heavy (non-hydrogen) atoms. The molecule has 0 atom stereocenters. The molecular weight excluding hydrogens is 508 g/mol. The maximum Gasteiger partial charge on any atom is 0.132 e. The van der Waals surface area contributed by atoms with Crippen LogP contribution >= 0.6 is 0 Å². The predicted molar refractivity (Wildman–Crippen MR) is 172 cm³/mol. The van der Waals surface area contributed by atoms with E-state index in [1.54, 1.807) is 0 Å². The molecule has 196 valence electrons. The van der Waals surface area contributed by atoms with Gasteiger partial charge < -0.3 is 4.74 Å². The number of benzene rings is 7. The van der Waals surface area contributed by atoms with Crippen LogP contribution in [0.2, 0.25) is 0 Å². The Hall–Kier alpha value is -5.40. The zero-order chi connectivity index (χ0) is 27.7. The van der Waals surface area contributed by atoms with E-state index in [2.05, 4.69) is 158 Å². The summed E-state index contributed by atoms with van der Waals surface area (Å²) in [7, 11) is 0. The zero-order valence-electron chi connectivity index (χ0n) is 22.9. The monoisotopic (exact) mass is 534 g/mol. The first-order valence-electron chi connectivity index (χ1n) is 14.5. The number of ether oxygens (including phenoxy) is 1. The molecule has 2 aliphatic rings. The van der Waals surface area contributed by atoms with Gasteiger partial charge in [-0.1, -0.05) is 146 Å².